The van der Waals surface area contributed by atoms with Crippen LogP contribution < -0.4 is 11.5 Å². The quantitative estimate of drug-likeness (QED) is 0.777. The standard InChI is InChI=1S/C9H11ClN2O3S/c1-5(9(12)13)16(14,15)6-2-3-8(11)7(10)4-6/h2-5H,11H2,1H3,(H2,12,13). The number of anilines is 1. The van der Waals surface area contributed by atoms with Crippen molar-refractivity contribution in [3.8, 4) is 0 Å². The highest BCUT2D eigenvalue weighted by molar-refractivity contribution is 7.92. The van der Waals surface area contributed by atoms with Crippen molar-refractivity contribution in [3.63, 3.8) is 0 Å². The van der Waals surface area contributed by atoms with Gasteiger partial charge in [-0.25, -0.2) is 8.42 Å². The zero-order valence-corrected chi connectivity index (χ0v) is 10.0. The second kappa shape index (κ2) is 4.31. The molecule has 1 aromatic rings. The Bertz CT molecular complexity index is 528. The first-order valence-electron chi connectivity index (χ1n) is 4.35. The summed E-state index contributed by atoms with van der Waals surface area (Å²) in [5, 5.41) is -1.18. The van der Waals surface area contributed by atoms with Crippen LogP contribution in [0.5, 0.6) is 0 Å². The van der Waals surface area contributed by atoms with Crippen LogP contribution in [0.15, 0.2) is 23.1 Å². The molecule has 7 heteroatoms. The van der Waals surface area contributed by atoms with Crippen LogP contribution in [0.1, 0.15) is 6.92 Å². The Balaban J connectivity index is 3.28. The van der Waals surface area contributed by atoms with Crippen molar-refractivity contribution in [2.24, 2.45) is 5.73 Å². The van der Waals surface area contributed by atoms with Crippen molar-refractivity contribution < 1.29 is 13.2 Å². The molecule has 0 saturated carbocycles. The van der Waals surface area contributed by atoms with E-state index in [1.807, 2.05) is 0 Å². The molecule has 5 nitrogen and oxygen atoms in total. The minimum Gasteiger partial charge on any atom is -0.398 e. The summed E-state index contributed by atoms with van der Waals surface area (Å²) in [7, 11) is -3.79. The molecule has 4 N–H and O–H groups in total. The van der Waals surface area contributed by atoms with Gasteiger partial charge in [0.2, 0.25) is 5.91 Å². The third-order valence-corrected chi connectivity index (χ3v) is 4.57. The van der Waals surface area contributed by atoms with Crippen LogP contribution in [0.25, 0.3) is 0 Å². The molecule has 0 aliphatic heterocycles. The van der Waals surface area contributed by atoms with Crippen molar-refractivity contribution in [1.82, 2.24) is 0 Å². The number of halogens is 1. The molecule has 1 aromatic carbocycles. The van der Waals surface area contributed by atoms with Gasteiger partial charge in [-0.2, -0.15) is 0 Å². The van der Waals surface area contributed by atoms with Crippen LogP contribution in [-0.2, 0) is 14.6 Å². The molecular weight excluding hydrogens is 252 g/mol. The van der Waals surface area contributed by atoms with E-state index in [1.54, 1.807) is 0 Å². The average Bonchev–Trinajstić information content (AvgIpc) is 2.20. The minimum atomic E-state index is -3.79. The highest BCUT2D eigenvalue weighted by Gasteiger charge is 2.28. The van der Waals surface area contributed by atoms with E-state index >= 15 is 0 Å². The molecule has 0 radical (unpaired) electrons. The second-order valence-corrected chi connectivity index (χ2v) is 5.95. The lowest BCUT2D eigenvalue weighted by molar-refractivity contribution is -0.117. The SMILES string of the molecule is CC(C(N)=O)S(=O)(=O)c1ccc(N)c(Cl)c1. The monoisotopic (exact) mass is 262 g/mol. The Kier molecular flexibility index (Phi) is 3.44. The number of carbonyl (C=O) groups is 1. The fraction of sp³-hybridized carbons (Fsp3) is 0.222. The van der Waals surface area contributed by atoms with Gasteiger partial charge in [-0.05, 0) is 25.1 Å². The molecule has 1 atom stereocenters. The number of nitrogens with two attached hydrogens (primary N) is 2. The first-order chi connectivity index (χ1) is 7.26. The zero-order chi connectivity index (χ0) is 12.5. The molecule has 16 heavy (non-hydrogen) atoms. The van der Waals surface area contributed by atoms with E-state index in [0.717, 1.165) is 0 Å². The molecule has 1 unspecified atom stereocenters. The van der Waals surface area contributed by atoms with E-state index in [1.165, 1.54) is 25.1 Å². The van der Waals surface area contributed by atoms with Gasteiger partial charge in [0, 0.05) is 0 Å². The van der Waals surface area contributed by atoms with Gasteiger partial charge in [-0.15, -0.1) is 0 Å². The highest BCUT2D eigenvalue weighted by atomic mass is 35.5. The largest absolute Gasteiger partial charge is 0.398 e. The summed E-state index contributed by atoms with van der Waals surface area (Å²) in [6, 6.07) is 3.85. The summed E-state index contributed by atoms with van der Waals surface area (Å²) in [6.45, 7) is 1.22. The van der Waals surface area contributed by atoms with Crippen LogP contribution >= 0.6 is 11.6 Å². The molecule has 0 spiro atoms. The molecular formula is C9H11ClN2O3S. The van der Waals surface area contributed by atoms with Crippen LogP contribution in [0.3, 0.4) is 0 Å². The third kappa shape index (κ3) is 2.28. The molecule has 0 aliphatic rings. The summed E-state index contributed by atoms with van der Waals surface area (Å²) in [4.78, 5) is 10.8. The summed E-state index contributed by atoms with van der Waals surface area (Å²) in [5.41, 5.74) is 10.7. The predicted octanol–water partition coefficient (Wildman–Crippen LogP) is 0.570. The van der Waals surface area contributed by atoms with Crippen molar-refractivity contribution in [1.29, 1.82) is 0 Å². The van der Waals surface area contributed by atoms with E-state index in [-0.39, 0.29) is 15.6 Å². The Morgan fingerprint density at radius 2 is 2.00 bits per heavy atom. The zero-order valence-electron chi connectivity index (χ0n) is 8.48. The molecule has 0 aliphatic carbocycles. The number of rotatable bonds is 3. The highest BCUT2D eigenvalue weighted by Crippen LogP contribution is 2.24. The Morgan fingerprint density at radius 3 is 2.44 bits per heavy atom. The number of hydrogen-bond acceptors (Lipinski definition) is 4. The van der Waals surface area contributed by atoms with Gasteiger partial charge in [-0.3, -0.25) is 4.79 Å². The van der Waals surface area contributed by atoms with E-state index in [9.17, 15) is 13.2 Å². The van der Waals surface area contributed by atoms with Crippen LogP contribution in [0.2, 0.25) is 5.02 Å². The van der Waals surface area contributed by atoms with E-state index in [4.69, 9.17) is 23.1 Å². The first kappa shape index (κ1) is 12.8. The molecule has 0 saturated heterocycles. The Labute approximate surface area is 98.3 Å². The summed E-state index contributed by atoms with van der Waals surface area (Å²) in [6.07, 6.45) is 0. The Hall–Kier alpha value is -1.27. The molecule has 0 heterocycles. The molecule has 0 fully saturated rings. The van der Waals surface area contributed by atoms with Crippen LogP contribution in [0, 0.1) is 0 Å². The van der Waals surface area contributed by atoms with E-state index in [0.29, 0.717) is 0 Å². The topological polar surface area (TPSA) is 103 Å². The maximum Gasteiger partial charge on any atom is 0.235 e. The lowest BCUT2D eigenvalue weighted by Gasteiger charge is -2.10. The molecule has 1 rings (SSSR count). The van der Waals surface area contributed by atoms with Gasteiger partial charge in [-0.1, -0.05) is 11.6 Å². The molecule has 0 aromatic heterocycles. The van der Waals surface area contributed by atoms with Crippen molar-refractivity contribution >= 4 is 33.0 Å². The fourth-order valence-electron chi connectivity index (χ4n) is 1.04. The minimum absolute atomic E-state index is 0.0713. The number of sulfone groups is 1. The molecule has 0 bridgehead atoms. The van der Waals surface area contributed by atoms with Crippen LogP contribution in [0.4, 0.5) is 5.69 Å². The normalized spacial score (nSPS) is 13.4. The van der Waals surface area contributed by atoms with Crippen molar-refractivity contribution in [3.05, 3.63) is 23.2 Å². The summed E-state index contributed by atoms with van der Waals surface area (Å²) >= 11 is 5.70. The first-order valence-corrected chi connectivity index (χ1v) is 6.27. The number of carbonyl (C=O) groups excluding carboxylic acids is 1. The van der Waals surface area contributed by atoms with Gasteiger partial charge in [0.05, 0.1) is 15.6 Å². The summed E-state index contributed by atoms with van der Waals surface area (Å²) in [5.74, 6) is -0.909. The second-order valence-electron chi connectivity index (χ2n) is 3.27. The molecule has 88 valence electrons. The van der Waals surface area contributed by atoms with Gasteiger partial charge >= 0.3 is 0 Å². The average molecular weight is 263 g/mol. The van der Waals surface area contributed by atoms with E-state index in [2.05, 4.69) is 0 Å². The number of hydrogen-bond donors (Lipinski definition) is 2. The lowest BCUT2D eigenvalue weighted by Crippen LogP contribution is -2.33. The van der Waals surface area contributed by atoms with Gasteiger partial charge in [0.1, 0.15) is 5.25 Å². The Morgan fingerprint density at radius 1 is 1.44 bits per heavy atom. The fourth-order valence-corrected chi connectivity index (χ4v) is 2.54. The van der Waals surface area contributed by atoms with Crippen molar-refractivity contribution in [2.45, 2.75) is 17.1 Å². The number of benzene rings is 1. The summed E-state index contributed by atoms with van der Waals surface area (Å²) < 4.78 is 23.7. The van der Waals surface area contributed by atoms with Gasteiger partial charge < -0.3 is 11.5 Å². The van der Waals surface area contributed by atoms with Gasteiger partial charge in [0.25, 0.3) is 0 Å². The lowest BCUT2D eigenvalue weighted by atomic mass is 10.3. The molecule has 1 amide bonds. The van der Waals surface area contributed by atoms with E-state index < -0.39 is 21.0 Å². The third-order valence-electron chi connectivity index (χ3n) is 2.17. The number of amides is 1. The smallest absolute Gasteiger partial charge is 0.235 e. The maximum absolute atomic E-state index is 11.8. The number of primary amides is 1. The van der Waals surface area contributed by atoms with Crippen molar-refractivity contribution in [2.75, 3.05) is 5.73 Å². The van der Waals surface area contributed by atoms with Gasteiger partial charge in [0.15, 0.2) is 9.84 Å². The number of nitrogen functional groups attached to an aromatic ring is 1. The predicted molar refractivity (Wildman–Crippen MR) is 61.7 cm³/mol. The van der Waals surface area contributed by atoms with Crippen LogP contribution in [-0.4, -0.2) is 19.6 Å². The maximum atomic E-state index is 11.8.